The van der Waals surface area contributed by atoms with Gasteiger partial charge in [-0.15, -0.1) is 0 Å². The van der Waals surface area contributed by atoms with Crippen molar-refractivity contribution in [2.75, 3.05) is 33.0 Å². The van der Waals surface area contributed by atoms with Crippen LogP contribution in [0.5, 0.6) is 5.75 Å². The summed E-state index contributed by atoms with van der Waals surface area (Å²) in [7, 11) is 0. The Hall–Kier alpha value is -2.37. The molecule has 1 aliphatic heterocycles. The van der Waals surface area contributed by atoms with Gasteiger partial charge in [0.25, 0.3) is 5.91 Å². The molecule has 2 aromatic rings. The maximum Gasteiger partial charge on any atom is 0.258 e. The molecule has 3 rings (SSSR count). The average molecular weight is 341 g/mol. The van der Waals surface area contributed by atoms with E-state index in [-0.39, 0.29) is 18.6 Å². The first kappa shape index (κ1) is 17.5. The molecule has 25 heavy (non-hydrogen) atoms. The number of carbonyl (C=O) groups excluding carboxylic acids is 1. The number of hydrogen-bond donors (Lipinski definition) is 1. The van der Waals surface area contributed by atoms with Gasteiger partial charge in [-0.2, -0.15) is 0 Å². The summed E-state index contributed by atoms with van der Waals surface area (Å²) in [5.74, 6) is 0.448. The third-order valence-corrected chi connectivity index (χ3v) is 4.31. The number of nitrogens with zero attached hydrogens (tertiary/aromatic N) is 1. The van der Waals surface area contributed by atoms with Crippen LogP contribution in [0.25, 0.3) is 0 Å². The Morgan fingerprint density at radius 3 is 2.72 bits per heavy atom. The second kappa shape index (κ2) is 8.65. The molecule has 1 saturated heterocycles. The second-order valence-electron chi connectivity index (χ2n) is 5.99. The minimum atomic E-state index is -0.307. The highest BCUT2D eigenvalue weighted by atomic mass is 16.5. The van der Waals surface area contributed by atoms with E-state index < -0.39 is 0 Å². The lowest BCUT2D eigenvalue weighted by atomic mass is 10.1. The van der Waals surface area contributed by atoms with E-state index >= 15 is 0 Å². The summed E-state index contributed by atoms with van der Waals surface area (Å²) >= 11 is 0. The number of para-hydroxylation sites is 1. The molecule has 0 bridgehead atoms. The molecular weight excluding hydrogens is 318 g/mol. The van der Waals surface area contributed by atoms with Crippen LogP contribution in [0.3, 0.4) is 0 Å². The third kappa shape index (κ3) is 4.38. The van der Waals surface area contributed by atoms with Gasteiger partial charge in [-0.3, -0.25) is 4.79 Å². The number of hydrogen-bond acceptors (Lipinski definition) is 4. The largest absolute Gasteiger partial charge is 0.492 e. The van der Waals surface area contributed by atoms with Crippen LogP contribution in [-0.2, 0) is 11.2 Å². The van der Waals surface area contributed by atoms with Crippen molar-refractivity contribution in [3.63, 3.8) is 0 Å². The minimum absolute atomic E-state index is 0.108. The Labute approximate surface area is 147 Å². The van der Waals surface area contributed by atoms with Crippen molar-refractivity contribution in [2.24, 2.45) is 0 Å². The highest BCUT2D eigenvalue weighted by Crippen LogP contribution is 2.22. The van der Waals surface area contributed by atoms with Crippen LogP contribution in [0.4, 0.5) is 0 Å². The lowest BCUT2D eigenvalue weighted by Crippen LogP contribution is -2.50. The van der Waals surface area contributed by atoms with E-state index in [0.717, 1.165) is 6.42 Å². The molecule has 0 aliphatic carbocycles. The fourth-order valence-electron chi connectivity index (χ4n) is 2.92. The third-order valence-electron chi connectivity index (χ3n) is 4.31. The van der Waals surface area contributed by atoms with Gasteiger partial charge in [0.15, 0.2) is 0 Å². The Morgan fingerprint density at radius 2 is 1.92 bits per heavy atom. The van der Waals surface area contributed by atoms with Gasteiger partial charge in [0.05, 0.1) is 38.0 Å². The van der Waals surface area contributed by atoms with Gasteiger partial charge in [0.2, 0.25) is 0 Å². The maximum atomic E-state index is 12.9. The zero-order chi connectivity index (χ0) is 17.5. The van der Waals surface area contributed by atoms with E-state index in [4.69, 9.17) is 9.47 Å². The Balaban J connectivity index is 1.68. The summed E-state index contributed by atoms with van der Waals surface area (Å²) in [4.78, 5) is 14.6. The molecule has 0 radical (unpaired) electrons. The molecule has 0 saturated carbocycles. The van der Waals surface area contributed by atoms with E-state index in [1.165, 1.54) is 5.56 Å². The van der Waals surface area contributed by atoms with Crippen LogP contribution in [0.2, 0.25) is 0 Å². The molecule has 1 atom stereocenters. The van der Waals surface area contributed by atoms with Crippen molar-refractivity contribution in [1.82, 2.24) is 4.90 Å². The number of amides is 1. The number of rotatable bonds is 6. The fraction of sp³-hybridized carbons (Fsp3) is 0.350. The Bertz CT molecular complexity index is 689. The van der Waals surface area contributed by atoms with Crippen molar-refractivity contribution >= 4 is 5.91 Å². The van der Waals surface area contributed by atoms with E-state index in [9.17, 15) is 9.90 Å². The van der Waals surface area contributed by atoms with E-state index in [1.54, 1.807) is 11.0 Å². The van der Waals surface area contributed by atoms with Crippen LogP contribution < -0.4 is 4.74 Å². The normalized spacial score (nSPS) is 17.3. The van der Waals surface area contributed by atoms with Crippen molar-refractivity contribution in [3.05, 3.63) is 65.7 Å². The zero-order valence-corrected chi connectivity index (χ0v) is 14.1. The molecule has 2 aromatic carbocycles. The molecule has 132 valence electrons. The highest BCUT2D eigenvalue weighted by molar-refractivity contribution is 5.97. The first-order valence-corrected chi connectivity index (χ1v) is 8.55. The SMILES string of the molecule is O=C(c1ccccc1OCCc1ccccc1)N1CCOCC1CO. The van der Waals surface area contributed by atoms with Crippen LogP contribution in [0.1, 0.15) is 15.9 Å². The van der Waals surface area contributed by atoms with Crippen LogP contribution in [0.15, 0.2) is 54.6 Å². The summed E-state index contributed by atoms with van der Waals surface area (Å²) in [6, 6.07) is 17.1. The van der Waals surface area contributed by atoms with Crippen molar-refractivity contribution in [3.8, 4) is 5.75 Å². The number of ether oxygens (including phenoxy) is 2. The second-order valence-corrected chi connectivity index (χ2v) is 5.99. The lowest BCUT2D eigenvalue weighted by molar-refractivity contribution is -0.0185. The number of aliphatic hydroxyl groups excluding tert-OH is 1. The molecule has 1 fully saturated rings. The van der Waals surface area contributed by atoms with Crippen LogP contribution >= 0.6 is 0 Å². The molecule has 1 N–H and O–H groups in total. The quantitative estimate of drug-likeness (QED) is 0.875. The standard InChI is InChI=1S/C20H23NO4/c22-14-17-15-24-13-11-21(17)20(23)18-8-4-5-9-19(18)25-12-10-16-6-2-1-3-7-16/h1-9,17,22H,10-15H2. The molecule has 1 heterocycles. The van der Waals surface area contributed by atoms with Gasteiger partial charge in [0.1, 0.15) is 5.75 Å². The first-order chi connectivity index (χ1) is 12.3. The Morgan fingerprint density at radius 1 is 1.16 bits per heavy atom. The van der Waals surface area contributed by atoms with Gasteiger partial charge < -0.3 is 19.5 Å². The summed E-state index contributed by atoms with van der Waals surface area (Å²) in [5, 5.41) is 9.49. The zero-order valence-electron chi connectivity index (χ0n) is 14.1. The van der Waals surface area contributed by atoms with Gasteiger partial charge >= 0.3 is 0 Å². The summed E-state index contributed by atoms with van der Waals surface area (Å²) in [6.45, 7) is 1.71. The number of morpholine rings is 1. The maximum absolute atomic E-state index is 12.9. The number of carbonyl (C=O) groups is 1. The van der Waals surface area contributed by atoms with E-state index in [2.05, 4.69) is 12.1 Å². The molecule has 5 nitrogen and oxygen atoms in total. The average Bonchev–Trinajstić information content (AvgIpc) is 2.68. The monoisotopic (exact) mass is 341 g/mol. The predicted molar refractivity (Wildman–Crippen MR) is 94.8 cm³/mol. The molecule has 1 aliphatic rings. The van der Waals surface area contributed by atoms with Crippen molar-refractivity contribution in [2.45, 2.75) is 12.5 Å². The van der Waals surface area contributed by atoms with Crippen LogP contribution in [0, 0.1) is 0 Å². The van der Waals surface area contributed by atoms with E-state index in [0.29, 0.717) is 37.7 Å². The Kier molecular flexibility index (Phi) is 6.04. The highest BCUT2D eigenvalue weighted by Gasteiger charge is 2.29. The molecule has 1 unspecified atom stereocenters. The predicted octanol–water partition coefficient (Wildman–Crippen LogP) is 2.14. The van der Waals surface area contributed by atoms with Crippen molar-refractivity contribution in [1.29, 1.82) is 0 Å². The van der Waals surface area contributed by atoms with Gasteiger partial charge in [0, 0.05) is 13.0 Å². The summed E-state index contributed by atoms with van der Waals surface area (Å²) in [5.41, 5.74) is 1.72. The molecule has 0 spiro atoms. The molecule has 0 aromatic heterocycles. The smallest absolute Gasteiger partial charge is 0.258 e. The topological polar surface area (TPSA) is 59.0 Å². The molecular formula is C20H23NO4. The minimum Gasteiger partial charge on any atom is -0.492 e. The first-order valence-electron chi connectivity index (χ1n) is 8.55. The fourth-order valence-corrected chi connectivity index (χ4v) is 2.92. The lowest BCUT2D eigenvalue weighted by Gasteiger charge is -2.34. The van der Waals surface area contributed by atoms with Crippen molar-refractivity contribution < 1.29 is 19.4 Å². The van der Waals surface area contributed by atoms with E-state index in [1.807, 2.05) is 36.4 Å². The summed E-state index contributed by atoms with van der Waals surface area (Å²) in [6.07, 6.45) is 0.778. The summed E-state index contributed by atoms with van der Waals surface area (Å²) < 4.78 is 11.2. The number of benzene rings is 2. The molecule has 5 heteroatoms. The number of aliphatic hydroxyl groups is 1. The van der Waals surface area contributed by atoms with Crippen LogP contribution in [-0.4, -0.2) is 54.9 Å². The molecule has 1 amide bonds. The van der Waals surface area contributed by atoms with Gasteiger partial charge in [-0.1, -0.05) is 42.5 Å². The van der Waals surface area contributed by atoms with Gasteiger partial charge in [-0.25, -0.2) is 0 Å². The van der Waals surface area contributed by atoms with Gasteiger partial charge in [-0.05, 0) is 17.7 Å².